The molecule has 4 saturated heterocycles. The van der Waals surface area contributed by atoms with Crippen LogP contribution in [0.5, 0.6) is 0 Å². The molecule has 4 rings (SSSR count). The number of carbonyl (C=O) groups excluding carboxylic acids is 4. The molecule has 0 unspecified atom stereocenters. The number of cyclic esters (lactones) is 1. The van der Waals surface area contributed by atoms with Gasteiger partial charge in [0.15, 0.2) is 17.7 Å². The first-order valence-electron chi connectivity index (χ1n) is 17.4. The Labute approximate surface area is 285 Å². The lowest BCUT2D eigenvalue weighted by molar-refractivity contribution is -0.295. The number of aliphatic hydroxyl groups excluding tert-OH is 1. The number of hydrogen-bond donors (Lipinski definition) is 1. The molecule has 0 aliphatic carbocycles. The van der Waals surface area contributed by atoms with Crippen LogP contribution in [0.25, 0.3) is 0 Å². The number of rotatable bonds is 7. The van der Waals surface area contributed by atoms with Crippen LogP contribution >= 0.6 is 0 Å². The summed E-state index contributed by atoms with van der Waals surface area (Å²) in [5.41, 5.74) is -3.65. The maximum absolute atomic E-state index is 14.8. The first kappa shape index (κ1) is 38.6. The first-order chi connectivity index (χ1) is 22.3. The highest BCUT2D eigenvalue weighted by Crippen LogP contribution is 2.56. The SMILES string of the molecule is C=CCN1C[C@@]2(C)C(=O)[C@H](C)C[C@](C)(OC)[C@H](O[C@@H]3O[C@H](C)C[C@H](N(C)C)[C@H]3O)[C@@H](C)C(=O)[C@@H](C)C(=O)O[C@H](CC)[C@@]3(C)OC(=O)[C@H]1[C@@H]32. The van der Waals surface area contributed by atoms with E-state index < -0.39 is 88.7 Å². The van der Waals surface area contributed by atoms with E-state index >= 15 is 0 Å². The van der Waals surface area contributed by atoms with E-state index in [1.165, 1.54) is 14.0 Å². The van der Waals surface area contributed by atoms with Gasteiger partial charge in [0.2, 0.25) is 0 Å². The Balaban J connectivity index is 1.84. The lowest BCUT2D eigenvalue weighted by Gasteiger charge is -2.47. The number of likely N-dealkylation sites (N-methyl/N-ethyl adjacent to an activating group) is 1. The molecule has 12 heteroatoms. The van der Waals surface area contributed by atoms with E-state index in [4.69, 9.17) is 23.7 Å². The molecule has 4 heterocycles. The summed E-state index contributed by atoms with van der Waals surface area (Å²) in [5.74, 6) is -5.18. The fourth-order valence-corrected chi connectivity index (χ4v) is 9.27. The van der Waals surface area contributed by atoms with E-state index in [1.807, 2.05) is 51.6 Å². The monoisotopic (exact) mass is 678 g/mol. The minimum atomic E-state index is -1.32. The van der Waals surface area contributed by atoms with E-state index in [-0.39, 0.29) is 30.9 Å². The van der Waals surface area contributed by atoms with Gasteiger partial charge in [-0.2, -0.15) is 0 Å². The molecule has 0 aromatic rings. The minimum Gasteiger partial charge on any atom is -0.458 e. The lowest BCUT2D eigenvalue weighted by atomic mass is 9.62. The second-order valence-corrected chi connectivity index (χ2v) is 15.5. The molecule has 0 radical (unpaired) electrons. The maximum atomic E-state index is 14.8. The summed E-state index contributed by atoms with van der Waals surface area (Å²) in [6, 6.07) is -1.01. The number of ether oxygens (including phenoxy) is 5. The quantitative estimate of drug-likeness (QED) is 0.241. The normalized spacial score (nSPS) is 46.2. The molecule has 14 atom stereocenters. The van der Waals surface area contributed by atoms with Crippen molar-refractivity contribution in [3.05, 3.63) is 12.7 Å². The molecule has 4 aliphatic heterocycles. The first-order valence-corrected chi connectivity index (χ1v) is 17.4. The van der Waals surface area contributed by atoms with E-state index in [0.29, 0.717) is 19.4 Å². The number of hydrogen-bond acceptors (Lipinski definition) is 12. The highest BCUT2D eigenvalue weighted by Gasteiger charge is 2.71. The number of aliphatic hydroxyl groups is 1. The number of methoxy groups -OCH3 is 1. The van der Waals surface area contributed by atoms with Crippen LogP contribution in [0.1, 0.15) is 74.7 Å². The van der Waals surface area contributed by atoms with Gasteiger partial charge in [0.1, 0.15) is 30.0 Å². The van der Waals surface area contributed by atoms with Crippen LogP contribution in [0, 0.1) is 29.1 Å². The number of ketones is 2. The number of carbonyl (C=O) groups is 4. The van der Waals surface area contributed by atoms with Gasteiger partial charge in [-0.15, -0.1) is 6.58 Å². The van der Waals surface area contributed by atoms with Crippen molar-refractivity contribution in [2.24, 2.45) is 29.1 Å². The zero-order chi connectivity index (χ0) is 36.1. The van der Waals surface area contributed by atoms with Crippen molar-refractivity contribution >= 4 is 23.5 Å². The molecular weight excluding hydrogens is 620 g/mol. The molecule has 0 amide bonds. The Bertz CT molecular complexity index is 1260. The summed E-state index contributed by atoms with van der Waals surface area (Å²) in [6.45, 7) is 18.6. The summed E-state index contributed by atoms with van der Waals surface area (Å²) in [7, 11) is 5.25. The smallest absolute Gasteiger partial charge is 0.324 e. The standard InChI is InChI=1S/C36H58N2O10/c1-13-15-38-18-34(7)28-25(38)32(43)48-36(28,9)24(14-2)46-31(42)22(6)26(39)21(5)30(35(8,44-12)17-19(3)29(34)41)47-33-27(40)23(37(10)11)16-20(4)45-33/h13,19-25,27-28,30,33,40H,1,14-18H2,2-12H3/t19-,20-,21+,22-,23+,24-,25-,27-,28-,30-,33+,34-,35+,36-/m1/s1. The summed E-state index contributed by atoms with van der Waals surface area (Å²) >= 11 is 0. The van der Waals surface area contributed by atoms with Crippen molar-refractivity contribution < 1.29 is 48.0 Å². The van der Waals surface area contributed by atoms with E-state index in [1.54, 1.807) is 26.8 Å². The summed E-state index contributed by atoms with van der Waals surface area (Å²) in [5, 5.41) is 11.4. The molecule has 0 aromatic heterocycles. The summed E-state index contributed by atoms with van der Waals surface area (Å²) in [4.78, 5) is 60.2. The second kappa shape index (κ2) is 14.2. The molecule has 4 aliphatic rings. The van der Waals surface area contributed by atoms with Crippen molar-refractivity contribution in [2.75, 3.05) is 34.3 Å². The predicted octanol–water partition coefficient (Wildman–Crippen LogP) is 2.78. The molecule has 0 saturated carbocycles. The third kappa shape index (κ3) is 6.53. The average Bonchev–Trinajstić information content (AvgIpc) is 3.50. The largest absolute Gasteiger partial charge is 0.458 e. The fraction of sp³-hybridized carbons (Fsp3) is 0.833. The highest BCUT2D eigenvalue weighted by atomic mass is 16.7. The van der Waals surface area contributed by atoms with Crippen molar-refractivity contribution in [3.8, 4) is 0 Å². The van der Waals surface area contributed by atoms with Gasteiger partial charge in [-0.05, 0) is 61.1 Å². The van der Waals surface area contributed by atoms with Gasteiger partial charge >= 0.3 is 11.9 Å². The van der Waals surface area contributed by atoms with Crippen LogP contribution in [0.15, 0.2) is 12.7 Å². The molecule has 1 N–H and O–H groups in total. The van der Waals surface area contributed by atoms with E-state index in [2.05, 4.69) is 6.58 Å². The van der Waals surface area contributed by atoms with Gasteiger partial charge in [-0.3, -0.25) is 24.1 Å². The minimum absolute atomic E-state index is 0.101. The molecule has 48 heavy (non-hydrogen) atoms. The molecular formula is C36H58N2O10. The van der Waals surface area contributed by atoms with Crippen molar-refractivity contribution in [2.45, 2.75) is 129 Å². The second-order valence-electron chi connectivity index (χ2n) is 15.5. The summed E-state index contributed by atoms with van der Waals surface area (Å²) < 4.78 is 31.0. The van der Waals surface area contributed by atoms with Gasteiger partial charge in [0, 0.05) is 49.4 Å². The van der Waals surface area contributed by atoms with Gasteiger partial charge in [-0.25, -0.2) is 0 Å². The van der Waals surface area contributed by atoms with Crippen LogP contribution in [0.3, 0.4) is 0 Å². The average molecular weight is 679 g/mol. The number of Topliss-reactive ketones (excluding diaryl/α,β-unsaturated/α-hetero) is 2. The Morgan fingerprint density at radius 1 is 1.08 bits per heavy atom. The Morgan fingerprint density at radius 2 is 1.73 bits per heavy atom. The van der Waals surface area contributed by atoms with Crippen molar-refractivity contribution in [1.29, 1.82) is 0 Å². The fourth-order valence-electron chi connectivity index (χ4n) is 9.27. The van der Waals surface area contributed by atoms with Crippen molar-refractivity contribution in [3.63, 3.8) is 0 Å². The van der Waals surface area contributed by atoms with Crippen LogP contribution in [-0.2, 0) is 42.9 Å². The van der Waals surface area contributed by atoms with Gasteiger partial charge in [-0.1, -0.05) is 33.8 Å². The molecule has 0 aromatic carbocycles. The summed E-state index contributed by atoms with van der Waals surface area (Å²) in [6.07, 6.45) is -1.60. The molecule has 0 bridgehead atoms. The number of likely N-dealkylation sites (tertiary alicyclic amines) is 1. The molecule has 12 nitrogen and oxygen atoms in total. The third-order valence-corrected chi connectivity index (χ3v) is 11.8. The zero-order valence-corrected chi connectivity index (χ0v) is 30.7. The van der Waals surface area contributed by atoms with Gasteiger partial charge < -0.3 is 33.7 Å². The Morgan fingerprint density at radius 3 is 2.29 bits per heavy atom. The van der Waals surface area contributed by atoms with Crippen LogP contribution < -0.4 is 0 Å². The Kier molecular flexibility index (Phi) is 11.4. The molecule has 0 spiro atoms. The van der Waals surface area contributed by atoms with Gasteiger partial charge in [0.25, 0.3) is 0 Å². The third-order valence-electron chi connectivity index (χ3n) is 11.8. The molecule has 272 valence electrons. The maximum Gasteiger partial charge on any atom is 0.324 e. The topological polar surface area (TPSA) is 141 Å². The lowest BCUT2D eigenvalue weighted by Crippen LogP contribution is -2.60. The highest BCUT2D eigenvalue weighted by molar-refractivity contribution is 6.00. The van der Waals surface area contributed by atoms with Gasteiger partial charge in [0.05, 0.1) is 17.8 Å². The number of nitrogens with zero attached hydrogens (tertiary/aromatic N) is 2. The van der Waals surface area contributed by atoms with E-state index in [0.717, 1.165) is 0 Å². The molecule has 4 fully saturated rings. The van der Waals surface area contributed by atoms with Crippen LogP contribution in [0.2, 0.25) is 0 Å². The van der Waals surface area contributed by atoms with Crippen LogP contribution in [-0.4, -0.2) is 127 Å². The number of esters is 2. The van der Waals surface area contributed by atoms with E-state index in [9.17, 15) is 24.3 Å². The van der Waals surface area contributed by atoms with Crippen molar-refractivity contribution in [1.82, 2.24) is 9.80 Å². The van der Waals surface area contributed by atoms with Crippen LogP contribution in [0.4, 0.5) is 0 Å². The Hall–Kier alpha value is -2.22. The predicted molar refractivity (Wildman–Crippen MR) is 177 cm³/mol. The zero-order valence-electron chi connectivity index (χ0n) is 30.7.